The molecule has 0 atom stereocenters. The van der Waals surface area contributed by atoms with Crippen molar-refractivity contribution in [2.75, 3.05) is 11.9 Å². The van der Waals surface area contributed by atoms with E-state index in [4.69, 9.17) is 10.9 Å². The third-order valence-corrected chi connectivity index (χ3v) is 2.64. The van der Waals surface area contributed by atoms with Crippen LogP contribution < -0.4 is 11.1 Å². The first-order valence-electron chi connectivity index (χ1n) is 5.86. The first-order valence-corrected chi connectivity index (χ1v) is 5.86. The van der Waals surface area contributed by atoms with Crippen LogP contribution in [0.3, 0.4) is 0 Å². The summed E-state index contributed by atoms with van der Waals surface area (Å²) in [6, 6.07) is 7.55. The Morgan fingerprint density at radius 2 is 2.05 bits per heavy atom. The number of aromatic nitrogens is 2. The Hall–Kier alpha value is -2.63. The fourth-order valence-electron chi connectivity index (χ4n) is 1.63. The molecule has 6 nitrogen and oxygen atoms in total. The molecule has 0 saturated carbocycles. The molecule has 1 heterocycles. The molecule has 0 fully saturated rings. The average Bonchev–Trinajstić information content (AvgIpc) is 2.48. The summed E-state index contributed by atoms with van der Waals surface area (Å²) in [4.78, 5) is 8.10. The van der Waals surface area contributed by atoms with Crippen LogP contribution >= 0.6 is 0 Å². The van der Waals surface area contributed by atoms with Gasteiger partial charge in [0, 0.05) is 24.5 Å². The zero-order chi connectivity index (χ0) is 13.5. The lowest BCUT2D eigenvalue weighted by molar-refractivity contribution is 0.318. The summed E-state index contributed by atoms with van der Waals surface area (Å²) >= 11 is 0. The lowest BCUT2D eigenvalue weighted by Gasteiger charge is -2.05. The smallest absolute Gasteiger partial charge is 0.170 e. The van der Waals surface area contributed by atoms with Gasteiger partial charge in [-0.05, 0) is 12.0 Å². The third-order valence-electron chi connectivity index (χ3n) is 2.64. The van der Waals surface area contributed by atoms with Crippen LogP contribution in [0.1, 0.15) is 11.1 Å². The number of nitrogens with two attached hydrogens (primary N) is 1. The van der Waals surface area contributed by atoms with E-state index in [1.165, 1.54) is 0 Å². The van der Waals surface area contributed by atoms with Crippen LogP contribution in [0.4, 0.5) is 5.82 Å². The summed E-state index contributed by atoms with van der Waals surface area (Å²) < 4.78 is 0. The standard InChI is InChI=1S/C13H15N5O/c14-13(18-19)11-3-1-10(2-4-11)5-6-16-12-9-15-7-8-17-12/h1-4,7-9,19H,5-6H2,(H2,14,18)(H,16,17). The predicted octanol–water partition coefficient (Wildman–Crippen LogP) is 1.23. The Balaban J connectivity index is 1.87. The molecule has 2 aromatic rings. The van der Waals surface area contributed by atoms with Crippen molar-refractivity contribution in [3.8, 4) is 0 Å². The van der Waals surface area contributed by atoms with Crippen molar-refractivity contribution >= 4 is 11.7 Å². The number of nitrogens with one attached hydrogen (secondary N) is 1. The minimum atomic E-state index is 0.115. The van der Waals surface area contributed by atoms with Gasteiger partial charge in [-0.3, -0.25) is 4.98 Å². The highest BCUT2D eigenvalue weighted by Gasteiger charge is 1.99. The van der Waals surface area contributed by atoms with Crippen molar-refractivity contribution in [2.24, 2.45) is 10.9 Å². The zero-order valence-electron chi connectivity index (χ0n) is 10.3. The van der Waals surface area contributed by atoms with Crippen LogP contribution in [0.2, 0.25) is 0 Å². The molecule has 0 aliphatic carbocycles. The fourth-order valence-corrected chi connectivity index (χ4v) is 1.63. The maximum absolute atomic E-state index is 8.57. The van der Waals surface area contributed by atoms with E-state index in [0.717, 1.165) is 24.3 Å². The van der Waals surface area contributed by atoms with Gasteiger partial charge in [-0.2, -0.15) is 0 Å². The molecule has 0 aliphatic rings. The van der Waals surface area contributed by atoms with Crippen molar-refractivity contribution in [2.45, 2.75) is 6.42 Å². The van der Waals surface area contributed by atoms with Gasteiger partial charge in [0.25, 0.3) is 0 Å². The highest BCUT2D eigenvalue weighted by Crippen LogP contribution is 2.06. The van der Waals surface area contributed by atoms with E-state index in [0.29, 0.717) is 5.56 Å². The van der Waals surface area contributed by atoms with Gasteiger partial charge < -0.3 is 16.3 Å². The van der Waals surface area contributed by atoms with Gasteiger partial charge in [-0.25, -0.2) is 4.98 Å². The second kappa shape index (κ2) is 6.34. The van der Waals surface area contributed by atoms with Crippen LogP contribution in [-0.2, 0) is 6.42 Å². The van der Waals surface area contributed by atoms with Gasteiger partial charge in [0.05, 0.1) is 6.20 Å². The summed E-state index contributed by atoms with van der Waals surface area (Å²) in [6.45, 7) is 0.765. The Morgan fingerprint density at radius 3 is 2.68 bits per heavy atom. The molecule has 4 N–H and O–H groups in total. The van der Waals surface area contributed by atoms with Gasteiger partial charge in [-0.1, -0.05) is 29.4 Å². The second-order valence-corrected chi connectivity index (χ2v) is 3.95. The van der Waals surface area contributed by atoms with Gasteiger partial charge >= 0.3 is 0 Å². The number of oxime groups is 1. The van der Waals surface area contributed by atoms with Crippen LogP contribution in [0.5, 0.6) is 0 Å². The maximum atomic E-state index is 8.57. The lowest BCUT2D eigenvalue weighted by atomic mass is 10.1. The van der Waals surface area contributed by atoms with Crippen LogP contribution in [0.25, 0.3) is 0 Å². The summed E-state index contributed by atoms with van der Waals surface area (Å²) in [6.07, 6.45) is 5.82. The normalized spacial score (nSPS) is 11.3. The topological polar surface area (TPSA) is 96.4 Å². The van der Waals surface area contributed by atoms with E-state index < -0.39 is 0 Å². The Morgan fingerprint density at radius 1 is 1.26 bits per heavy atom. The molecule has 0 radical (unpaired) electrons. The summed E-state index contributed by atoms with van der Waals surface area (Å²) in [5.41, 5.74) is 7.35. The highest BCUT2D eigenvalue weighted by atomic mass is 16.4. The number of nitrogens with zero attached hydrogens (tertiary/aromatic N) is 3. The van der Waals surface area contributed by atoms with E-state index in [9.17, 15) is 0 Å². The minimum Gasteiger partial charge on any atom is -0.409 e. The number of benzene rings is 1. The minimum absolute atomic E-state index is 0.115. The van der Waals surface area contributed by atoms with Gasteiger partial charge in [0.2, 0.25) is 0 Å². The molecule has 0 amide bonds. The van der Waals surface area contributed by atoms with Crippen molar-refractivity contribution in [1.29, 1.82) is 0 Å². The van der Waals surface area contributed by atoms with Crippen molar-refractivity contribution in [1.82, 2.24) is 9.97 Å². The molecule has 1 aromatic heterocycles. The third kappa shape index (κ3) is 3.67. The molecular formula is C13H15N5O. The summed E-state index contributed by atoms with van der Waals surface area (Å²) in [5.74, 6) is 0.875. The first kappa shape index (κ1) is 12.8. The number of hydrogen-bond acceptors (Lipinski definition) is 5. The van der Waals surface area contributed by atoms with Crippen molar-refractivity contribution in [3.05, 3.63) is 54.0 Å². The van der Waals surface area contributed by atoms with Crippen molar-refractivity contribution in [3.63, 3.8) is 0 Å². The molecule has 0 bridgehead atoms. The molecule has 0 unspecified atom stereocenters. The number of rotatable bonds is 5. The Bertz CT molecular complexity index is 539. The summed E-state index contributed by atoms with van der Waals surface area (Å²) in [5, 5.41) is 14.7. The molecule has 0 spiro atoms. The molecular weight excluding hydrogens is 242 g/mol. The van der Waals surface area contributed by atoms with Crippen molar-refractivity contribution < 1.29 is 5.21 Å². The number of amidine groups is 1. The molecule has 2 rings (SSSR count). The van der Waals surface area contributed by atoms with Crippen LogP contribution in [0, 0.1) is 0 Å². The van der Waals surface area contributed by atoms with E-state index in [2.05, 4.69) is 20.4 Å². The lowest BCUT2D eigenvalue weighted by Crippen LogP contribution is -2.13. The Labute approximate surface area is 111 Å². The number of anilines is 1. The highest BCUT2D eigenvalue weighted by molar-refractivity contribution is 5.96. The van der Waals surface area contributed by atoms with Gasteiger partial charge in [0.1, 0.15) is 5.82 Å². The molecule has 0 saturated heterocycles. The summed E-state index contributed by atoms with van der Waals surface area (Å²) in [7, 11) is 0. The van der Waals surface area contributed by atoms with E-state index in [-0.39, 0.29) is 5.84 Å². The van der Waals surface area contributed by atoms with E-state index in [1.807, 2.05) is 24.3 Å². The number of hydrogen-bond donors (Lipinski definition) is 3. The predicted molar refractivity (Wildman–Crippen MR) is 73.2 cm³/mol. The molecule has 0 aliphatic heterocycles. The molecule has 19 heavy (non-hydrogen) atoms. The van der Waals surface area contributed by atoms with E-state index in [1.54, 1.807) is 18.6 Å². The quantitative estimate of drug-likeness (QED) is 0.324. The first-order chi connectivity index (χ1) is 9.29. The van der Waals surface area contributed by atoms with Crippen LogP contribution in [-0.4, -0.2) is 27.6 Å². The zero-order valence-corrected chi connectivity index (χ0v) is 10.3. The monoisotopic (exact) mass is 257 g/mol. The van der Waals surface area contributed by atoms with Crippen LogP contribution in [0.15, 0.2) is 48.0 Å². The molecule has 1 aromatic carbocycles. The molecule has 6 heteroatoms. The Kier molecular flexibility index (Phi) is 4.28. The van der Waals surface area contributed by atoms with Gasteiger partial charge in [0.15, 0.2) is 5.84 Å². The fraction of sp³-hybridized carbons (Fsp3) is 0.154. The second-order valence-electron chi connectivity index (χ2n) is 3.95. The average molecular weight is 257 g/mol. The molecule has 98 valence electrons. The SMILES string of the molecule is NC(=NO)c1ccc(CCNc2cnccn2)cc1. The maximum Gasteiger partial charge on any atom is 0.170 e. The largest absolute Gasteiger partial charge is 0.409 e. The van der Waals surface area contributed by atoms with Gasteiger partial charge in [-0.15, -0.1) is 0 Å². The van der Waals surface area contributed by atoms with E-state index >= 15 is 0 Å².